The number of hydrogen-bond acceptors (Lipinski definition) is 4. The second kappa shape index (κ2) is 5.28. The molecule has 0 atom stereocenters. The van der Waals surface area contributed by atoms with Crippen LogP contribution in [0.4, 0.5) is 0 Å². The van der Waals surface area contributed by atoms with E-state index < -0.39 is 0 Å². The Morgan fingerprint density at radius 1 is 0.958 bits per heavy atom. The highest BCUT2D eigenvalue weighted by molar-refractivity contribution is 5.51. The van der Waals surface area contributed by atoms with Crippen molar-refractivity contribution in [1.82, 2.24) is 15.1 Å². The summed E-state index contributed by atoms with van der Waals surface area (Å²) in [4.78, 5) is 2.44. The third-order valence-corrected chi connectivity index (χ3v) is 5.21. The number of aromatic nitrogens is 2. The molecule has 0 unspecified atom stereocenters. The molecule has 0 saturated heterocycles. The fourth-order valence-electron chi connectivity index (χ4n) is 3.88. The van der Waals surface area contributed by atoms with Crippen LogP contribution in [-0.2, 0) is 18.5 Å². The summed E-state index contributed by atoms with van der Waals surface area (Å²) in [6, 6.07) is 18.8. The highest BCUT2D eigenvalue weighted by Crippen LogP contribution is 2.52. The molecule has 4 nitrogen and oxygen atoms in total. The number of nitrogens with zero attached hydrogens (tertiary/aromatic N) is 3. The van der Waals surface area contributed by atoms with Crippen molar-refractivity contribution >= 4 is 0 Å². The predicted molar refractivity (Wildman–Crippen MR) is 91.2 cm³/mol. The van der Waals surface area contributed by atoms with Crippen molar-refractivity contribution in [2.24, 2.45) is 0 Å². The minimum absolute atomic E-state index is 0.372. The van der Waals surface area contributed by atoms with Crippen LogP contribution < -0.4 is 0 Å². The van der Waals surface area contributed by atoms with Crippen molar-refractivity contribution in [3.8, 4) is 11.5 Å². The van der Waals surface area contributed by atoms with Crippen molar-refractivity contribution in [3.63, 3.8) is 0 Å². The van der Waals surface area contributed by atoms with Crippen LogP contribution in [0.15, 0.2) is 59.0 Å². The monoisotopic (exact) mass is 317 g/mol. The van der Waals surface area contributed by atoms with Gasteiger partial charge in [0.05, 0.1) is 6.54 Å². The third kappa shape index (κ3) is 2.34. The van der Waals surface area contributed by atoms with Crippen LogP contribution in [0, 0.1) is 0 Å². The van der Waals surface area contributed by atoms with Crippen LogP contribution in [-0.4, -0.2) is 21.6 Å². The van der Waals surface area contributed by atoms with Gasteiger partial charge in [-0.25, -0.2) is 0 Å². The second-order valence-corrected chi connectivity index (χ2v) is 6.95. The maximum Gasteiger partial charge on any atom is 0.247 e. The van der Waals surface area contributed by atoms with Gasteiger partial charge >= 0.3 is 0 Å². The summed E-state index contributed by atoms with van der Waals surface area (Å²) in [6.07, 6.45) is 2.58. The molecule has 5 rings (SSSR count). The van der Waals surface area contributed by atoms with E-state index in [1.165, 1.54) is 18.4 Å². The van der Waals surface area contributed by atoms with Crippen LogP contribution >= 0.6 is 0 Å². The largest absolute Gasteiger partial charge is 0.419 e. The van der Waals surface area contributed by atoms with Crippen LogP contribution in [0.2, 0.25) is 0 Å². The Morgan fingerprint density at radius 3 is 2.58 bits per heavy atom. The van der Waals surface area contributed by atoms with E-state index in [1.54, 1.807) is 5.56 Å². The van der Waals surface area contributed by atoms with Gasteiger partial charge in [-0.1, -0.05) is 42.5 Å². The van der Waals surface area contributed by atoms with E-state index in [0.29, 0.717) is 17.2 Å². The Kier molecular flexibility index (Phi) is 3.06. The molecule has 2 aromatic carbocycles. The molecule has 1 aliphatic heterocycles. The molecule has 0 radical (unpaired) electrons. The van der Waals surface area contributed by atoms with Gasteiger partial charge in [-0.05, 0) is 36.1 Å². The molecule has 1 spiro atoms. The number of fused-ring (bicyclic) bond motifs is 2. The van der Waals surface area contributed by atoms with Crippen molar-refractivity contribution in [2.75, 3.05) is 6.54 Å². The molecule has 2 aliphatic rings. The third-order valence-electron chi connectivity index (χ3n) is 5.21. The fourth-order valence-corrected chi connectivity index (χ4v) is 3.88. The van der Waals surface area contributed by atoms with Gasteiger partial charge in [0, 0.05) is 24.1 Å². The van der Waals surface area contributed by atoms with Gasteiger partial charge in [-0.3, -0.25) is 4.90 Å². The van der Waals surface area contributed by atoms with Gasteiger partial charge in [0.1, 0.15) is 0 Å². The molecule has 0 N–H and O–H groups in total. The zero-order valence-electron chi connectivity index (χ0n) is 13.5. The number of hydrogen-bond donors (Lipinski definition) is 0. The number of benzene rings is 2. The van der Waals surface area contributed by atoms with E-state index in [0.717, 1.165) is 25.2 Å². The van der Waals surface area contributed by atoms with Crippen LogP contribution in [0.3, 0.4) is 0 Å². The van der Waals surface area contributed by atoms with Gasteiger partial charge in [0.25, 0.3) is 0 Å². The average Bonchev–Trinajstić information content (AvgIpc) is 3.23. The summed E-state index contributed by atoms with van der Waals surface area (Å²) >= 11 is 0. The summed E-state index contributed by atoms with van der Waals surface area (Å²) in [6.45, 7) is 2.77. The van der Waals surface area contributed by atoms with Gasteiger partial charge in [0.2, 0.25) is 11.8 Å². The molecule has 2 heterocycles. The molecule has 1 saturated carbocycles. The molecule has 120 valence electrons. The van der Waals surface area contributed by atoms with Gasteiger partial charge in [-0.2, -0.15) is 0 Å². The smallest absolute Gasteiger partial charge is 0.247 e. The van der Waals surface area contributed by atoms with E-state index >= 15 is 0 Å². The molecule has 1 fully saturated rings. The molecular formula is C20H19N3O. The second-order valence-electron chi connectivity index (χ2n) is 6.95. The lowest BCUT2D eigenvalue weighted by molar-refractivity contribution is 0.194. The highest BCUT2D eigenvalue weighted by atomic mass is 16.4. The average molecular weight is 317 g/mol. The molecule has 4 heteroatoms. The zero-order valence-corrected chi connectivity index (χ0v) is 13.5. The molecule has 1 aromatic heterocycles. The summed E-state index contributed by atoms with van der Waals surface area (Å²) in [7, 11) is 0. The first-order valence-electron chi connectivity index (χ1n) is 8.51. The first-order valence-corrected chi connectivity index (χ1v) is 8.51. The highest BCUT2D eigenvalue weighted by Gasteiger charge is 2.48. The van der Waals surface area contributed by atoms with Gasteiger partial charge < -0.3 is 4.42 Å². The number of rotatable bonds is 3. The Labute approximate surface area is 141 Å². The maximum absolute atomic E-state index is 5.89. The zero-order chi connectivity index (χ0) is 16.0. The topological polar surface area (TPSA) is 42.2 Å². The van der Waals surface area contributed by atoms with E-state index in [2.05, 4.69) is 39.4 Å². The summed E-state index contributed by atoms with van der Waals surface area (Å²) in [5.74, 6) is 1.30. The standard InChI is InChI=1S/C20H19N3O/c1-2-6-15(7-3-1)19-22-21-18(24-19)13-23-12-16-8-4-5-9-17(16)20(14-23)10-11-20/h1-9H,10-14H2. The Bertz CT molecular complexity index is 867. The molecule has 0 bridgehead atoms. The van der Waals surface area contributed by atoms with Gasteiger partial charge in [0.15, 0.2) is 0 Å². The minimum Gasteiger partial charge on any atom is -0.419 e. The van der Waals surface area contributed by atoms with Crippen LogP contribution in [0.1, 0.15) is 29.9 Å². The first kappa shape index (κ1) is 13.9. The van der Waals surface area contributed by atoms with Crippen molar-refractivity contribution < 1.29 is 4.42 Å². The Morgan fingerprint density at radius 2 is 1.75 bits per heavy atom. The van der Waals surface area contributed by atoms with E-state index in [9.17, 15) is 0 Å². The predicted octanol–water partition coefficient (Wildman–Crippen LogP) is 3.78. The minimum atomic E-state index is 0.372. The lowest BCUT2D eigenvalue weighted by Gasteiger charge is -2.34. The first-order chi connectivity index (χ1) is 11.8. The van der Waals surface area contributed by atoms with E-state index in [1.807, 2.05) is 30.3 Å². The van der Waals surface area contributed by atoms with Crippen molar-refractivity contribution in [3.05, 3.63) is 71.6 Å². The summed E-state index contributed by atoms with van der Waals surface area (Å²) in [5.41, 5.74) is 4.34. The molecule has 3 aromatic rings. The van der Waals surface area contributed by atoms with Crippen molar-refractivity contribution in [1.29, 1.82) is 0 Å². The quantitative estimate of drug-likeness (QED) is 0.737. The SMILES string of the molecule is c1ccc(-c2nnc(CN3Cc4ccccc4C4(CC4)C3)o2)cc1. The molecule has 24 heavy (non-hydrogen) atoms. The van der Waals surface area contributed by atoms with Crippen LogP contribution in [0.25, 0.3) is 11.5 Å². The van der Waals surface area contributed by atoms with E-state index in [4.69, 9.17) is 4.42 Å². The Hall–Kier alpha value is -2.46. The normalized spacial score (nSPS) is 18.5. The van der Waals surface area contributed by atoms with Gasteiger partial charge in [-0.15, -0.1) is 10.2 Å². The Balaban J connectivity index is 1.37. The lowest BCUT2D eigenvalue weighted by atomic mass is 9.87. The van der Waals surface area contributed by atoms with Crippen LogP contribution in [0.5, 0.6) is 0 Å². The lowest BCUT2D eigenvalue weighted by Crippen LogP contribution is -2.37. The fraction of sp³-hybridized carbons (Fsp3) is 0.300. The molecule has 0 amide bonds. The molecule has 1 aliphatic carbocycles. The van der Waals surface area contributed by atoms with Crippen molar-refractivity contribution in [2.45, 2.75) is 31.3 Å². The van der Waals surface area contributed by atoms with E-state index in [-0.39, 0.29) is 0 Å². The summed E-state index contributed by atoms with van der Waals surface area (Å²) < 4.78 is 5.89. The summed E-state index contributed by atoms with van der Waals surface area (Å²) in [5, 5.41) is 8.46. The maximum atomic E-state index is 5.89. The molecular weight excluding hydrogens is 298 g/mol.